The summed E-state index contributed by atoms with van der Waals surface area (Å²) in [4.78, 5) is 46.3. The summed E-state index contributed by atoms with van der Waals surface area (Å²) < 4.78 is 10.6. The molecule has 0 spiro atoms. The summed E-state index contributed by atoms with van der Waals surface area (Å²) in [7, 11) is 0. The molecule has 0 bridgehead atoms. The highest BCUT2D eigenvalue weighted by Gasteiger charge is 2.54. The van der Waals surface area contributed by atoms with Crippen molar-refractivity contribution in [3.63, 3.8) is 0 Å². The second kappa shape index (κ2) is 8.05. The number of nitrogens with two attached hydrogens (primary N) is 1. The van der Waals surface area contributed by atoms with Crippen molar-refractivity contribution in [2.75, 3.05) is 23.4 Å². The molecule has 10 nitrogen and oxygen atoms in total. The van der Waals surface area contributed by atoms with E-state index in [0.29, 0.717) is 23.0 Å². The summed E-state index contributed by atoms with van der Waals surface area (Å²) in [5, 5.41) is 2.80. The zero-order valence-electron chi connectivity index (χ0n) is 18.2. The Morgan fingerprint density at radius 1 is 1.38 bits per heavy atom. The Morgan fingerprint density at radius 2 is 2.12 bits per heavy atom. The lowest BCUT2D eigenvalue weighted by atomic mass is 10.0. The third kappa shape index (κ3) is 4.24. The van der Waals surface area contributed by atoms with E-state index in [9.17, 15) is 14.4 Å². The minimum absolute atomic E-state index is 0.0729. The Hall–Kier alpha value is -3.21. The molecule has 0 radical (unpaired) electrons. The van der Waals surface area contributed by atoms with E-state index in [1.54, 1.807) is 39.0 Å². The summed E-state index contributed by atoms with van der Waals surface area (Å²) in [5.41, 5.74) is 7.84. The first-order valence-corrected chi connectivity index (χ1v) is 11.1. The van der Waals surface area contributed by atoms with E-state index in [4.69, 9.17) is 15.2 Å². The lowest BCUT2D eigenvalue weighted by Gasteiger charge is -2.49. The minimum atomic E-state index is -0.738. The van der Waals surface area contributed by atoms with Crippen LogP contribution in [0.15, 0.2) is 29.5 Å². The molecule has 170 valence electrons. The van der Waals surface area contributed by atoms with Crippen LogP contribution in [0.25, 0.3) is 11.0 Å². The van der Waals surface area contributed by atoms with Crippen molar-refractivity contribution in [2.45, 2.75) is 44.7 Å². The van der Waals surface area contributed by atoms with E-state index in [-0.39, 0.29) is 23.6 Å². The summed E-state index contributed by atoms with van der Waals surface area (Å²) in [5.74, 6) is -0.504. The van der Waals surface area contributed by atoms with E-state index < -0.39 is 23.6 Å². The molecule has 2 aliphatic rings. The number of esters is 2. The monoisotopic (exact) mass is 459 g/mol. The van der Waals surface area contributed by atoms with Crippen molar-refractivity contribution >= 4 is 52.3 Å². The lowest BCUT2D eigenvalue weighted by molar-refractivity contribution is -0.157. The first-order valence-electron chi connectivity index (χ1n) is 10.1. The maximum atomic E-state index is 13.1. The van der Waals surface area contributed by atoms with Crippen molar-refractivity contribution in [1.82, 2.24) is 14.9 Å². The van der Waals surface area contributed by atoms with Crippen LogP contribution in [0.3, 0.4) is 0 Å². The number of benzene rings is 1. The highest BCUT2D eigenvalue weighted by atomic mass is 32.2. The number of H-pyrrole nitrogens is 1. The quantitative estimate of drug-likeness (QED) is 0.348. The number of thioether (sulfide) groups is 1. The van der Waals surface area contributed by atoms with Gasteiger partial charge in [0, 0.05) is 23.9 Å². The van der Waals surface area contributed by atoms with Gasteiger partial charge in [-0.3, -0.25) is 14.5 Å². The van der Waals surface area contributed by atoms with E-state index in [0.717, 1.165) is 11.0 Å². The number of amides is 1. The first kappa shape index (κ1) is 22.0. The number of aromatic nitrogens is 2. The van der Waals surface area contributed by atoms with Gasteiger partial charge in [-0.1, -0.05) is 0 Å². The van der Waals surface area contributed by atoms with E-state index in [2.05, 4.69) is 15.3 Å². The molecule has 32 heavy (non-hydrogen) atoms. The fourth-order valence-corrected chi connectivity index (χ4v) is 4.87. The molecule has 0 saturated carbocycles. The van der Waals surface area contributed by atoms with Crippen molar-refractivity contribution in [3.05, 3.63) is 29.5 Å². The largest absolute Gasteiger partial charge is 0.461 e. The van der Waals surface area contributed by atoms with E-state index >= 15 is 0 Å². The number of imidazole rings is 1. The summed E-state index contributed by atoms with van der Waals surface area (Å²) in [6.07, 6.45) is 0. The Morgan fingerprint density at radius 3 is 2.81 bits per heavy atom. The molecule has 4 N–H and O–H groups in total. The topological polar surface area (TPSA) is 140 Å². The number of nitrogens with one attached hydrogen (secondary N) is 2. The number of carbonyl (C=O) groups excluding carboxylic acids is 3. The molecule has 11 heteroatoms. The molecule has 3 heterocycles. The Labute approximate surface area is 188 Å². The van der Waals surface area contributed by atoms with E-state index in [1.165, 1.54) is 23.6 Å². The maximum absolute atomic E-state index is 13.1. The summed E-state index contributed by atoms with van der Waals surface area (Å²) in [6.45, 7) is 6.48. The highest BCUT2D eigenvalue weighted by molar-refractivity contribution is 8.00. The number of ether oxygens (including phenoxy) is 2. The Bertz CT molecular complexity index is 1140. The average Bonchev–Trinajstić information content (AvgIpc) is 3.10. The zero-order valence-corrected chi connectivity index (χ0v) is 19.0. The van der Waals surface area contributed by atoms with Gasteiger partial charge in [0.05, 0.1) is 11.0 Å². The number of anilines is 2. The highest BCUT2D eigenvalue weighted by Crippen LogP contribution is 2.42. The average molecular weight is 460 g/mol. The number of fused-ring (bicyclic) bond motifs is 2. The minimum Gasteiger partial charge on any atom is -0.461 e. The maximum Gasteiger partial charge on any atom is 0.355 e. The smallest absolute Gasteiger partial charge is 0.355 e. The number of hydrogen-bond donors (Lipinski definition) is 3. The molecule has 1 fully saturated rings. The SMILES string of the molecule is CC(=O)OCC1=C(C(=O)OC(C)(C)C)N2C(=O)[C@@H](Nc3nc4ccc(N)cc4[nH]3)C2SC1. The molecule has 1 amide bonds. The number of nitrogen functional groups attached to an aromatic ring is 1. The zero-order chi connectivity index (χ0) is 23.2. The fourth-order valence-electron chi connectivity index (χ4n) is 3.54. The van der Waals surface area contributed by atoms with Crippen LogP contribution in [0.5, 0.6) is 0 Å². The van der Waals surface area contributed by atoms with Crippen LogP contribution in [-0.4, -0.2) is 62.1 Å². The third-order valence-corrected chi connectivity index (χ3v) is 6.23. The van der Waals surface area contributed by atoms with Crippen LogP contribution in [0.2, 0.25) is 0 Å². The van der Waals surface area contributed by atoms with Crippen molar-refractivity contribution in [1.29, 1.82) is 0 Å². The van der Waals surface area contributed by atoms with Gasteiger partial charge in [-0.15, -0.1) is 11.8 Å². The first-order chi connectivity index (χ1) is 15.0. The number of carbonyl (C=O) groups is 3. The van der Waals surface area contributed by atoms with Crippen LogP contribution in [-0.2, 0) is 23.9 Å². The molecule has 4 rings (SSSR count). The molecule has 1 aromatic carbocycles. The number of nitrogens with zero attached hydrogens (tertiary/aromatic N) is 2. The van der Waals surface area contributed by atoms with Gasteiger partial charge in [0.15, 0.2) is 0 Å². The van der Waals surface area contributed by atoms with Crippen molar-refractivity contribution in [2.24, 2.45) is 0 Å². The van der Waals surface area contributed by atoms with Crippen LogP contribution in [0.4, 0.5) is 11.6 Å². The van der Waals surface area contributed by atoms with Gasteiger partial charge in [0.25, 0.3) is 5.91 Å². The molecule has 1 aromatic heterocycles. The van der Waals surface area contributed by atoms with Gasteiger partial charge in [-0.25, -0.2) is 9.78 Å². The van der Waals surface area contributed by atoms with Crippen LogP contribution in [0, 0.1) is 0 Å². The molecule has 2 aromatic rings. The van der Waals surface area contributed by atoms with Crippen LogP contribution < -0.4 is 11.1 Å². The lowest BCUT2D eigenvalue weighted by Crippen LogP contribution is -2.68. The van der Waals surface area contributed by atoms with Crippen LogP contribution >= 0.6 is 11.8 Å². The van der Waals surface area contributed by atoms with Gasteiger partial charge >= 0.3 is 11.9 Å². The van der Waals surface area contributed by atoms with E-state index in [1.807, 2.05) is 0 Å². The standard InChI is InChI=1S/C21H25N5O5S/c1-10(27)30-8-11-9-32-18-15(17(28)26(18)16(11)19(29)31-21(2,3)4)25-20-23-13-6-5-12(22)7-14(13)24-20/h5-7,15,18H,8-9,22H2,1-4H3,(H2,23,24,25)/t15-,18?/m1/s1. The van der Waals surface area contributed by atoms with Crippen LogP contribution in [0.1, 0.15) is 27.7 Å². The van der Waals surface area contributed by atoms with Crippen molar-refractivity contribution < 1.29 is 23.9 Å². The normalized spacial score (nSPS) is 20.6. The molecule has 0 aliphatic carbocycles. The summed E-state index contributed by atoms with van der Waals surface area (Å²) in [6, 6.07) is 4.73. The molecular formula is C21H25N5O5S. The molecule has 1 saturated heterocycles. The molecule has 1 unspecified atom stereocenters. The van der Waals surface area contributed by atoms with Crippen molar-refractivity contribution in [3.8, 4) is 0 Å². The summed E-state index contributed by atoms with van der Waals surface area (Å²) >= 11 is 1.48. The number of hydrogen-bond acceptors (Lipinski definition) is 9. The fraction of sp³-hybridized carbons (Fsp3) is 0.429. The molecule has 2 aliphatic heterocycles. The van der Waals surface area contributed by atoms with Gasteiger partial charge in [0.2, 0.25) is 5.95 Å². The van der Waals surface area contributed by atoms with Gasteiger partial charge < -0.3 is 25.5 Å². The predicted molar refractivity (Wildman–Crippen MR) is 121 cm³/mol. The molecule has 2 atom stereocenters. The Balaban J connectivity index is 1.57. The second-order valence-electron chi connectivity index (χ2n) is 8.63. The predicted octanol–water partition coefficient (Wildman–Crippen LogP) is 2.00. The van der Waals surface area contributed by atoms with Gasteiger partial charge in [-0.05, 0) is 39.0 Å². The number of rotatable bonds is 5. The van der Waals surface area contributed by atoms with Gasteiger partial charge in [-0.2, -0.15) is 0 Å². The third-order valence-electron chi connectivity index (χ3n) is 4.89. The molecular weight excluding hydrogens is 434 g/mol. The second-order valence-corrected chi connectivity index (χ2v) is 9.73. The number of β-lactam (4-membered cyclic amide) rings is 1. The Kier molecular flexibility index (Phi) is 5.53. The number of aromatic amines is 1. The van der Waals surface area contributed by atoms with Gasteiger partial charge in [0.1, 0.15) is 29.3 Å².